The molecular formula is C9H21N3O3. The monoisotopic (exact) mass is 219 g/mol. The van der Waals surface area contributed by atoms with Crippen LogP contribution in [0.3, 0.4) is 0 Å². The third-order valence-electron chi connectivity index (χ3n) is 1.84. The highest BCUT2D eigenvalue weighted by Gasteiger charge is 2.09. The zero-order valence-electron chi connectivity index (χ0n) is 9.40. The van der Waals surface area contributed by atoms with Crippen LogP contribution in [0, 0.1) is 0 Å². The second-order valence-corrected chi connectivity index (χ2v) is 3.43. The van der Waals surface area contributed by atoms with Crippen molar-refractivity contribution in [2.75, 3.05) is 46.9 Å². The first-order chi connectivity index (χ1) is 7.10. The lowest BCUT2D eigenvalue weighted by Crippen LogP contribution is -2.41. The smallest absolute Gasteiger partial charge is 0.234 e. The third kappa shape index (κ3) is 8.31. The molecule has 1 atom stereocenters. The molecule has 0 fully saturated rings. The van der Waals surface area contributed by atoms with Crippen LogP contribution < -0.4 is 11.1 Å². The molecule has 90 valence electrons. The number of nitrogens with one attached hydrogen (secondary N) is 1. The lowest BCUT2D eigenvalue weighted by atomic mass is 10.3. The van der Waals surface area contributed by atoms with Crippen LogP contribution in [0.15, 0.2) is 0 Å². The van der Waals surface area contributed by atoms with Crippen LogP contribution in [-0.4, -0.2) is 69.0 Å². The van der Waals surface area contributed by atoms with Gasteiger partial charge in [0.2, 0.25) is 5.91 Å². The highest BCUT2D eigenvalue weighted by Crippen LogP contribution is 1.87. The number of carbonyl (C=O) groups excluding carboxylic acids is 1. The van der Waals surface area contributed by atoms with Crippen LogP contribution in [-0.2, 0) is 9.53 Å². The van der Waals surface area contributed by atoms with Crippen LogP contribution in [0.5, 0.6) is 0 Å². The van der Waals surface area contributed by atoms with Gasteiger partial charge in [0.1, 0.15) is 0 Å². The summed E-state index contributed by atoms with van der Waals surface area (Å²) in [7, 11) is 3.34. The van der Waals surface area contributed by atoms with Crippen molar-refractivity contribution in [2.24, 2.45) is 5.73 Å². The first kappa shape index (κ1) is 14.3. The Labute approximate surface area is 90.4 Å². The fraction of sp³-hybridized carbons (Fsp3) is 0.889. The lowest BCUT2D eigenvalue weighted by Gasteiger charge is -2.18. The molecule has 6 nitrogen and oxygen atoms in total. The van der Waals surface area contributed by atoms with Gasteiger partial charge in [0.05, 0.1) is 19.3 Å². The molecule has 15 heavy (non-hydrogen) atoms. The summed E-state index contributed by atoms with van der Waals surface area (Å²) in [6.07, 6.45) is -0.582. The summed E-state index contributed by atoms with van der Waals surface area (Å²) in [5.74, 6) is -0.0845. The van der Waals surface area contributed by atoms with Gasteiger partial charge >= 0.3 is 0 Å². The Morgan fingerprint density at radius 2 is 2.33 bits per heavy atom. The Bertz CT molecular complexity index is 178. The standard InChI is InChI=1S/C9H21N3O3/c1-12(6-8(13)5-10)7-9(14)11-3-4-15-2/h8,13H,3-7,10H2,1-2H3,(H,11,14). The molecule has 0 saturated carbocycles. The van der Waals surface area contributed by atoms with Gasteiger partial charge in [-0.05, 0) is 7.05 Å². The van der Waals surface area contributed by atoms with Gasteiger partial charge in [0.15, 0.2) is 0 Å². The first-order valence-electron chi connectivity index (χ1n) is 4.92. The number of nitrogens with two attached hydrogens (primary N) is 1. The SMILES string of the molecule is COCCNC(=O)CN(C)CC(O)CN. The summed E-state index contributed by atoms with van der Waals surface area (Å²) < 4.78 is 4.79. The molecule has 0 aromatic heterocycles. The highest BCUT2D eigenvalue weighted by molar-refractivity contribution is 5.77. The van der Waals surface area contributed by atoms with Crippen LogP contribution in [0.2, 0.25) is 0 Å². The summed E-state index contributed by atoms with van der Waals surface area (Å²) in [6.45, 7) is 1.86. The second kappa shape index (κ2) is 8.60. The molecule has 0 bridgehead atoms. The fourth-order valence-corrected chi connectivity index (χ4v) is 1.09. The van der Waals surface area contributed by atoms with Crippen molar-refractivity contribution >= 4 is 5.91 Å². The van der Waals surface area contributed by atoms with E-state index in [1.165, 1.54) is 0 Å². The quantitative estimate of drug-likeness (QED) is 0.411. The largest absolute Gasteiger partial charge is 0.390 e. The lowest BCUT2D eigenvalue weighted by molar-refractivity contribution is -0.122. The molecule has 0 rings (SSSR count). The van der Waals surface area contributed by atoms with Crippen molar-refractivity contribution in [3.05, 3.63) is 0 Å². The maximum Gasteiger partial charge on any atom is 0.234 e. The minimum absolute atomic E-state index is 0.0845. The third-order valence-corrected chi connectivity index (χ3v) is 1.84. The maximum absolute atomic E-state index is 11.3. The van der Waals surface area contributed by atoms with Gasteiger partial charge in [-0.2, -0.15) is 0 Å². The molecule has 0 aromatic carbocycles. The van der Waals surface area contributed by atoms with Crippen LogP contribution in [0.25, 0.3) is 0 Å². The van der Waals surface area contributed by atoms with E-state index in [4.69, 9.17) is 10.5 Å². The number of ether oxygens (including phenoxy) is 1. The normalized spacial score (nSPS) is 12.9. The summed E-state index contributed by atoms with van der Waals surface area (Å²) in [5.41, 5.74) is 5.26. The highest BCUT2D eigenvalue weighted by atomic mass is 16.5. The van der Waals surface area contributed by atoms with Crippen molar-refractivity contribution in [3.8, 4) is 0 Å². The number of aliphatic hydroxyl groups is 1. The Hall–Kier alpha value is -0.690. The summed E-state index contributed by atoms with van der Waals surface area (Å²) >= 11 is 0. The summed E-state index contributed by atoms with van der Waals surface area (Å²) in [6, 6.07) is 0. The van der Waals surface area contributed by atoms with Gasteiger partial charge in [0.25, 0.3) is 0 Å². The molecule has 0 aromatic rings. The topological polar surface area (TPSA) is 87.8 Å². The van der Waals surface area contributed by atoms with E-state index in [9.17, 15) is 9.90 Å². The van der Waals surface area contributed by atoms with Gasteiger partial charge < -0.3 is 20.9 Å². The van der Waals surface area contributed by atoms with Crippen LogP contribution in [0.4, 0.5) is 0 Å². The molecule has 0 aliphatic heterocycles. The predicted octanol–water partition coefficient (Wildman–Crippen LogP) is -2.00. The minimum atomic E-state index is -0.582. The van der Waals surface area contributed by atoms with Gasteiger partial charge in [-0.1, -0.05) is 0 Å². The van der Waals surface area contributed by atoms with E-state index in [2.05, 4.69) is 5.32 Å². The van der Waals surface area contributed by atoms with E-state index < -0.39 is 6.10 Å². The number of rotatable bonds is 8. The number of amides is 1. The minimum Gasteiger partial charge on any atom is -0.390 e. The fourth-order valence-electron chi connectivity index (χ4n) is 1.09. The molecule has 4 N–H and O–H groups in total. The van der Waals surface area contributed by atoms with Gasteiger partial charge in [0, 0.05) is 26.7 Å². The molecule has 0 saturated heterocycles. The average Bonchev–Trinajstić information content (AvgIpc) is 2.17. The Balaban J connectivity index is 3.57. The maximum atomic E-state index is 11.3. The van der Waals surface area contributed by atoms with E-state index in [1.807, 2.05) is 0 Å². The number of nitrogens with zero attached hydrogens (tertiary/aromatic N) is 1. The molecule has 0 spiro atoms. The molecule has 6 heteroatoms. The number of carbonyl (C=O) groups is 1. The zero-order chi connectivity index (χ0) is 11.7. The van der Waals surface area contributed by atoms with Crippen molar-refractivity contribution in [1.82, 2.24) is 10.2 Å². The van der Waals surface area contributed by atoms with E-state index in [0.29, 0.717) is 19.7 Å². The molecule has 0 aliphatic rings. The van der Waals surface area contributed by atoms with E-state index in [-0.39, 0.29) is 19.0 Å². The zero-order valence-corrected chi connectivity index (χ0v) is 9.40. The van der Waals surface area contributed by atoms with Crippen LogP contribution >= 0.6 is 0 Å². The van der Waals surface area contributed by atoms with Gasteiger partial charge in [-0.3, -0.25) is 9.69 Å². The number of hydrogen-bond acceptors (Lipinski definition) is 5. The number of likely N-dealkylation sites (N-methyl/N-ethyl adjacent to an activating group) is 1. The first-order valence-corrected chi connectivity index (χ1v) is 4.92. The van der Waals surface area contributed by atoms with E-state index in [1.54, 1.807) is 19.1 Å². The molecule has 0 aliphatic carbocycles. The summed E-state index contributed by atoms with van der Waals surface area (Å²) in [4.78, 5) is 13.0. The Morgan fingerprint density at radius 3 is 2.87 bits per heavy atom. The molecule has 0 heterocycles. The molecule has 0 radical (unpaired) electrons. The van der Waals surface area contributed by atoms with Crippen molar-refractivity contribution in [2.45, 2.75) is 6.10 Å². The Morgan fingerprint density at radius 1 is 1.67 bits per heavy atom. The predicted molar refractivity (Wildman–Crippen MR) is 57.4 cm³/mol. The molecular weight excluding hydrogens is 198 g/mol. The summed E-state index contributed by atoms with van der Waals surface area (Å²) in [5, 5.41) is 11.9. The molecule has 1 unspecified atom stereocenters. The van der Waals surface area contributed by atoms with Gasteiger partial charge in [-0.15, -0.1) is 0 Å². The van der Waals surface area contributed by atoms with Crippen molar-refractivity contribution in [1.29, 1.82) is 0 Å². The number of aliphatic hydroxyl groups excluding tert-OH is 1. The van der Waals surface area contributed by atoms with Gasteiger partial charge in [-0.25, -0.2) is 0 Å². The average molecular weight is 219 g/mol. The van der Waals surface area contributed by atoms with Crippen molar-refractivity contribution < 1.29 is 14.6 Å². The number of methoxy groups -OCH3 is 1. The van der Waals surface area contributed by atoms with E-state index in [0.717, 1.165) is 0 Å². The van der Waals surface area contributed by atoms with Crippen LogP contribution in [0.1, 0.15) is 0 Å². The Kier molecular flexibility index (Phi) is 8.21. The molecule has 1 amide bonds. The number of hydrogen-bond donors (Lipinski definition) is 3. The second-order valence-electron chi connectivity index (χ2n) is 3.43. The van der Waals surface area contributed by atoms with Crippen molar-refractivity contribution in [3.63, 3.8) is 0 Å². The van der Waals surface area contributed by atoms with E-state index >= 15 is 0 Å².